The van der Waals surface area contributed by atoms with E-state index in [2.05, 4.69) is 60.2 Å². The van der Waals surface area contributed by atoms with Gasteiger partial charge in [0.1, 0.15) is 0 Å². The van der Waals surface area contributed by atoms with Crippen LogP contribution in [0.15, 0.2) is 61.2 Å². The molecule has 0 saturated carbocycles. The molecule has 0 amide bonds. The number of aryl methyl sites for hydroxylation is 1. The molecule has 3 rings (SSSR count). The molecule has 2 heteroatoms. The summed E-state index contributed by atoms with van der Waals surface area (Å²) in [5.41, 5.74) is 4.10. The van der Waals surface area contributed by atoms with Gasteiger partial charge >= 0.3 is 0 Å². The summed E-state index contributed by atoms with van der Waals surface area (Å²) in [6.07, 6.45) is 11.2. The van der Waals surface area contributed by atoms with Gasteiger partial charge in [-0.2, -0.15) is 0 Å². The molecule has 28 heavy (non-hydrogen) atoms. The van der Waals surface area contributed by atoms with Gasteiger partial charge in [-0.25, -0.2) is 0 Å². The average Bonchev–Trinajstić information content (AvgIpc) is 2.75. The average molecular weight is 381 g/mol. The molecule has 0 bridgehead atoms. The zero-order valence-electron chi connectivity index (χ0n) is 18.4. The molecule has 154 valence electrons. The van der Waals surface area contributed by atoms with E-state index in [9.17, 15) is 0 Å². The molecule has 0 radical (unpaired) electrons. The Labute approximate surface area is 173 Å². The largest absolute Gasteiger partial charge is 0.372 e. The van der Waals surface area contributed by atoms with E-state index in [0.29, 0.717) is 5.92 Å². The number of rotatable bonds is 6. The smallest absolute Gasteiger partial charge is 0.0366 e. The van der Waals surface area contributed by atoms with Crippen LogP contribution in [0, 0.1) is 18.8 Å². The van der Waals surface area contributed by atoms with E-state index in [-0.39, 0.29) is 0 Å². The van der Waals surface area contributed by atoms with Crippen LogP contribution in [-0.2, 0) is 0 Å². The van der Waals surface area contributed by atoms with Crippen molar-refractivity contribution >= 4 is 5.69 Å². The van der Waals surface area contributed by atoms with Crippen LogP contribution in [0.4, 0.5) is 5.69 Å². The van der Waals surface area contributed by atoms with Crippen molar-refractivity contribution in [2.24, 2.45) is 11.8 Å². The first kappa shape index (κ1) is 22.5. The Hall–Kier alpha value is -1.80. The van der Waals surface area contributed by atoms with Crippen molar-refractivity contribution in [2.75, 3.05) is 37.6 Å². The fourth-order valence-electron chi connectivity index (χ4n) is 4.45. The minimum atomic E-state index is 0.671. The molecule has 0 spiro atoms. The third-order valence-corrected chi connectivity index (χ3v) is 6.14. The lowest BCUT2D eigenvalue weighted by Gasteiger charge is -2.38. The second-order valence-electron chi connectivity index (χ2n) is 7.95. The van der Waals surface area contributed by atoms with Crippen LogP contribution in [0.3, 0.4) is 0 Å². The van der Waals surface area contributed by atoms with Crippen molar-refractivity contribution in [3.05, 3.63) is 66.8 Å². The summed E-state index contributed by atoms with van der Waals surface area (Å²) in [6, 6.07) is 9.00. The van der Waals surface area contributed by atoms with E-state index in [1.807, 2.05) is 26.0 Å². The van der Waals surface area contributed by atoms with Crippen LogP contribution < -0.4 is 4.90 Å². The van der Waals surface area contributed by atoms with Gasteiger partial charge in [-0.3, -0.25) is 0 Å². The highest BCUT2D eigenvalue weighted by molar-refractivity contribution is 5.47. The lowest BCUT2D eigenvalue weighted by Crippen LogP contribution is -2.41. The predicted octanol–water partition coefficient (Wildman–Crippen LogP) is 6.25. The van der Waals surface area contributed by atoms with Gasteiger partial charge < -0.3 is 9.80 Å². The maximum absolute atomic E-state index is 3.97. The van der Waals surface area contributed by atoms with Crippen molar-refractivity contribution in [3.63, 3.8) is 0 Å². The van der Waals surface area contributed by atoms with E-state index in [0.717, 1.165) is 5.92 Å². The molecule has 1 aromatic carbocycles. The first-order chi connectivity index (χ1) is 13.7. The molecule has 2 saturated heterocycles. The van der Waals surface area contributed by atoms with Crippen molar-refractivity contribution in [1.82, 2.24) is 4.90 Å². The lowest BCUT2D eigenvalue weighted by atomic mass is 9.87. The Bertz CT molecular complexity index is 612. The summed E-state index contributed by atoms with van der Waals surface area (Å²) in [7, 11) is 0. The molecule has 0 N–H and O–H groups in total. The molecule has 2 aliphatic heterocycles. The van der Waals surface area contributed by atoms with Crippen molar-refractivity contribution in [1.29, 1.82) is 0 Å². The first-order valence-electron chi connectivity index (χ1n) is 11.2. The molecule has 0 aliphatic carbocycles. The normalized spacial score (nSPS) is 19.7. The molecule has 2 heterocycles. The molecular weight excluding hydrogens is 340 g/mol. The number of anilines is 1. The van der Waals surface area contributed by atoms with Crippen LogP contribution in [0.5, 0.6) is 0 Å². The predicted molar refractivity (Wildman–Crippen MR) is 125 cm³/mol. The number of nitrogens with zero attached hydrogens (tertiary/aromatic N) is 2. The van der Waals surface area contributed by atoms with E-state index >= 15 is 0 Å². The van der Waals surface area contributed by atoms with Gasteiger partial charge in [0.05, 0.1) is 0 Å². The van der Waals surface area contributed by atoms with Crippen LogP contribution in [-0.4, -0.2) is 37.6 Å². The fraction of sp³-hybridized carbons (Fsp3) is 0.538. The Morgan fingerprint density at radius 2 is 1.57 bits per heavy atom. The molecule has 2 fully saturated rings. The number of hydrogen-bond donors (Lipinski definition) is 0. The number of likely N-dealkylation sites (tertiary alicyclic amines) is 1. The summed E-state index contributed by atoms with van der Waals surface area (Å²) < 4.78 is 0. The minimum absolute atomic E-state index is 0.671. The SMILES string of the molecule is C=C/C=C(\C=C)C1CCN(CC2CCN(c3ccc(C)cc3)CC2)CC1.CC. The van der Waals surface area contributed by atoms with E-state index < -0.39 is 0 Å². The highest BCUT2D eigenvalue weighted by Gasteiger charge is 2.25. The zero-order valence-corrected chi connectivity index (χ0v) is 18.4. The summed E-state index contributed by atoms with van der Waals surface area (Å²) >= 11 is 0. The van der Waals surface area contributed by atoms with Crippen LogP contribution >= 0.6 is 0 Å². The Morgan fingerprint density at radius 3 is 2.11 bits per heavy atom. The first-order valence-corrected chi connectivity index (χ1v) is 11.2. The number of hydrogen-bond acceptors (Lipinski definition) is 2. The van der Waals surface area contributed by atoms with Crippen LogP contribution in [0.25, 0.3) is 0 Å². The van der Waals surface area contributed by atoms with Gasteiger partial charge in [-0.15, -0.1) is 0 Å². The van der Waals surface area contributed by atoms with E-state index in [1.54, 1.807) is 0 Å². The third-order valence-electron chi connectivity index (χ3n) is 6.14. The lowest BCUT2D eigenvalue weighted by molar-refractivity contribution is 0.162. The van der Waals surface area contributed by atoms with Crippen LogP contribution in [0.2, 0.25) is 0 Å². The number of allylic oxidation sites excluding steroid dienone is 4. The fourth-order valence-corrected chi connectivity index (χ4v) is 4.45. The molecule has 2 aliphatic rings. The maximum Gasteiger partial charge on any atom is 0.0366 e. The topological polar surface area (TPSA) is 6.48 Å². The quantitative estimate of drug-likeness (QED) is 0.538. The van der Waals surface area contributed by atoms with Gasteiger partial charge in [-0.05, 0) is 75.2 Å². The standard InChI is InChI=1S/C24H34N2.C2H6/c1-4-6-22(5-2)23-13-15-25(16-14-23)19-21-11-17-26(18-12-21)24-9-7-20(3)8-10-24;1-2/h4-10,21,23H,1-2,11-19H2,3H3;1-2H3/b22-6+;. The summed E-state index contributed by atoms with van der Waals surface area (Å²) in [5, 5.41) is 0. The molecule has 1 aromatic rings. The molecule has 0 aromatic heterocycles. The molecular formula is C26H40N2. The summed E-state index contributed by atoms with van der Waals surface area (Å²) in [5.74, 6) is 1.53. The van der Waals surface area contributed by atoms with Gasteiger partial charge in [0.25, 0.3) is 0 Å². The monoisotopic (exact) mass is 380 g/mol. The van der Waals surface area contributed by atoms with Crippen LogP contribution in [0.1, 0.15) is 45.1 Å². The number of benzene rings is 1. The van der Waals surface area contributed by atoms with E-state index in [4.69, 9.17) is 0 Å². The number of piperidine rings is 2. The Morgan fingerprint density at radius 1 is 0.964 bits per heavy atom. The van der Waals surface area contributed by atoms with Gasteiger partial charge in [-0.1, -0.05) is 62.9 Å². The van der Waals surface area contributed by atoms with E-state index in [1.165, 1.54) is 75.2 Å². The highest BCUT2D eigenvalue weighted by Crippen LogP contribution is 2.28. The van der Waals surface area contributed by atoms with Crippen molar-refractivity contribution in [2.45, 2.75) is 46.5 Å². The Kier molecular flexibility index (Phi) is 9.57. The van der Waals surface area contributed by atoms with Crippen molar-refractivity contribution in [3.8, 4) is 0 Å². The zero-order chi connectivity index (χ0) is 20.4. The second-order valence-corrected chi connectivity index (χ2v) is 7.95. The molecule has 2 nitrogen and oxygen atoms in total. The van der Waals surface area contributed by atoms with Gasteiger partial charge in [0.2, 0.25) is 0 Å². The Balaban J connectivity index is 0.00000136. The van der Waals surface area contributed by atoms with Crippen molar-refractivity contribution < 1.29 is 0 Å². The van der Waals surface area contributed by atoms with Gasteiger partial charge in [0, 0.05) is 25.3 Å². The summed E-state index contributed by atoms with van der Waals surface area (Å²) in [4.78, 5) is 5.25. The third kappa shape index (κ3) is 6.38. The maximum atomic E-state index is 3.97. The van der Waals surface area contributed by atoms with Gasteiger partial charge in [0.15, 0.2) is 0 Å². The summed E-state index contributed by atoms with van der Waals surface area (Å²) in [6.45, 7) is 20.1. The molecule has 0 unspecified atom stereocenters. The highest BCUT2D eigenvalue weighted by atomic mass is 15.2. The second kappa shape index (κ2) is 11.9. The minimum Gasteiger partial charge on any atom is -0.372 e. The molecule has 0 atom stereocenters.